The first-order valence-electron chi connectivity index (χ1n) is 8.52. The first kappa shape index (κ1) is 17.1. The Morgan fingerprint density at radius 2 is 1.76 bits per heavy atom. The third-order valence-corrected chi connectivity index (χ3v) is 4.39. The van der Waals surface area contributed by atoms with Gasteiger partial charge in [-0.15, -0.1) is 0 Å². The summed E-state index contributed by atoms with van der Waals surface area (Å²) in [6.45, 7) is 0. The molecule has 0 saturated heterocycles. The van der Waals surface area contributed by atoms with Gasteiger partial charge in [0.05, 0.1) is 18.8 Å². The summed E-state index contributed by atoms with van der Waals surface area (Å²) in [7, 11) is 1.64. The molecule has 2 aromatic rings. The number of methoxy groups -OCH3 is 1. The maximum atomic E-state index is 11.1. The zero-order valence-electron chi connectivity index (χ0n) is 14.3. The van der Waals surface area contributed by atoms with Crippen LogP contribution in [0.4, 0.5) is 0 Å². The fourth-order valence-corrected chi connectivity index (χ4v) is 3.04. The summed E-state index contributed by atoms with van der Waals surface area (Å²) >= 11 is 0. The lowest BCUT2D eigenvalue weighted by molar-refractivity contribution is 0.0697. The van der Waals surface area contributed by atoms with E-state index >= 15 is 0 Å². The zero-order chi connectivity index (χ0) is 17.6. The van der Waals surface area contributed by atoms with Crippen molar-refractivity contribution >= 4 is 18.1 Å². The van der Waals surface area contributed by atoms with Gasteiger partial charge in [0.25, 0.3) is 0 Å². The second-order valence-corrected chi connectivity index (χ2v) is 6.20. The van der Waals surface area contributed by atoms with E-state index in [0.29, 0.717) is 0 Å². The van der Waals surface area contributed by atoms with Crippen LogP contribution in [-0.2, 0) is 0 Å². The van der Waals surface area contributed by atoms with Crippen LogP contribution in [0.25, 0.3) is 12.2 Å². The van der Waals surface area contributed by atoms with Crippen LogP contribution in [0.15, 0.2) is 42.5 Å². The van der Waals surface area contributed by atoms with E-state index in [1.54, 1.807) is 25.3 Å². The molecule has 1 aliphatic rings. The number of rotatable bonds is 6. The molecule has 1 aliphatic carbocycles. The van der Waals surface area contributed by atoms with Gasteiger partial charge in [0.15, 0.2) is 11.5 Å². The standard InChI is InChI=1S/C21H22O4/c1-24-19-12-11-16(14-20(19)25-18-7-2-3-8-18)10-9-15-5-4-6-17(13-15)21(22)23/h4-6,9-14,18H,2-3,7-8H2,1H3,(H,22,23). The van der Waals surface area contributed by atoms with Crippen molar-refractivity contribution in [1.29, 1.82) is 0 Å². The number of hydrogen-bond donors (Lipinski definition) is 1. The fraction of sp³-hybridized carbons (Fsp3) is 0.286. The lowest BCUT2D eigenvalue weighted by Gasteiger charge is -2.16. The third kappa shape index (κ3) is 4.41. The second-order valence-electron chi connectivity index (χ2n) is 6.20. The fourth-order valence-electron chi connectivity index (χ4n) is 3.04. The molecule has 0 aromatic heterocycles. The van der Waals surface area contributed by atoms with Crippen molar-refractivity contribution in [2.45, 2.75) is 31.8 Å². The minimum Gasteiger partial charge on any atom is -0.493 e. The van der Waals surface area contributed by atoms with Crippen LogP contribution in [-0.4, -0.2) is 24.3 Å². The highest BCUT2D eigenvalue weighted by Crippen LogP contribution is 2.32. The van der Waals surface area contributed by atoms with Crippen LogP contribution >= 0.6 is 0 Å². The SMILES string of the molecule is COc1ccc(C=Cc2cccc(C(=O)O)c2)cc1OC1CCCC1. The summed E-state index contributed by atoms with van der Waals surface area (Å²) in [4.78, 5) is 11.1. The predicted molar refractivity (Wildman–Crippen MR) is 98.2 cm³/mol. The lowest BCUT2D eigenvalue weighted by atomic mass is 10.1. The van der Waals surface area contributed by atoms with Crippen molar-refractivity contribution < 1.29 is 19.4 Å². The molecule has 0 amide bonds. The van der Waals surface area contributed by atoms with Crippen LogP contribution in [0.1, 0.15) is 47.2 Å². The molecule has 0 heterocycles. The van der Waals surface area contributed by atoms with E-state index < -0.39 is 5.97 Å². The minimum absolute atomic E-state index is 0.264. The molecule has 1 fully saturated rings. The molecule has 25 heavy (non-hydrogen) atoms. The Morgan fingerprint density at radius 1 is 1.04 bits per heavy atom. The molecule has 4 nitrogen and oxygen atoms in total. The average molecular weight is 338 g/mol. The highest BCUT2D eigenvalue weighted by Gasteiger charge is 2.18. The van der Waals surface area contributed by atoms with Crippen molar-refractivity contribution in [3.8, 4) is 11.5 Å². The number of carboxylic acid groups (broad SMARTS) is 1. The average Bonchev–Trinajstić information content (AvgIpc) is 3.13. The monoisotopic (exact) mass is 338 g/mol. The van der Waals surface area contributed by atoms with Crippen LogP contribution in [0.2, 0.25) is 0 Å². The smallest absolute Gasteiger partial charge is 0.335 e. The van der Waals surface area contributed by atoms with Crippen molar-refractivity contribution in [3.05, 3.63) is 59.2 Å². The molecule has 0 radical (unpaired) electrons. The minimum atomic E-state index is -0.924. The van der Waals surface area contributed by atoms with Crippen molar-refractivity contribution in [2.24, 2.45) is 0 Å². The highest BCUT2D eigenvalue weighted by atomic mass is 16.5. The van der Waals surface area contributed by atoms with Crippen molar-refractivity contribution in [3.63, 3.8) is 0 Å². The molecule has 0 bridgehead atoms. The summed E-state index contributed by atoms with van der Waals surface area (Å²) in [5.41, 5.74) is 2.10. The van der Waals surface area contributed by atoms with Crippen LogP contribution in [0.3, 0.4) is 0 Å². The number of aromatic carboxylic acids is 1. The molecule has 130 valence electrons. The molecular formula is C21H22O4. The number of carbonyl (C=O) groups is 1. The van der Waals surface area contributed by atoms with Gasteiger partial charge in [-0.25, -0.2) is 4.79 Å². The van der Waals surface area contributed by atoms with Gasteiger partial charge in [0.2, 0.25) is 0 Å². The van der Waals surface area contributed by atoms with Gasteiger partial charge in [-0.3, -0.25) is 0 Å². The van der Waals surface area contributed by atoms with E-state index in [0.717, 1.165) is 35.5 Å². The number of ether oxygens (including phenoxy) is 2. The molecule has 4 heteroatoms. The maximum Gasteiger partial charge on any atom is 0.335 e. The molecule has 0 atom stereocenters. The first-order chi connectivity index (χ1) is 12.2. The Kier molecular flexibility index (Phi) is 5.39. The lowest BCUT2D eigenvalue weighted by Crippen LogP contribution is -2.11. The number of carboxylic acids is 1. The Morgan fingerprint density at radius 3 is 2.44 bits per heavy atom. The van der Waals surface area contributed by atoms with Gasteiger partial charge in [-0.1, -0.05) is 30.4 Å². The molecule has 0 spiro atoms. The van der Waals surface area contributed by atoms with Crippen LogP contribution < -0.4 is 9.47 Å². The normalized spacial score (nSPS) is 14.8. The van der Waals surface area contributed by atoms with Crippen LogP contribution in [0.5, 0.6) is 11.5 Å². The Labute approximate surface area is 147 Å². The summed E-state index contributed by atoms with van der Waals surface area (Å²) in [6.07, 6.45) is 8.71. The maximum absolute atomic E-state index is 11.1. The Hall–Kier alpha value is -2.75. The van der Waals surface area contributed by atoms with E-state index in [1.807, 2.05) is 36.4 Å². The first-order valence-corrected chi connectivity index (χ1v) is 8.52. The quantitative estimate of drug-likeness (QED) is 0.762. The summed E-state index contributed by atoms with van der Waals surface area (Å²) in [5, 5.41) is 9.07. The number of hydrogen-bond acceptors (Lipinski definition) is 3. The molecular weight excluding hydrogens is 316 g/mol. The summed E-state index contributed by atoms with van der Waals surface area (Å²) < 4.78 is 11.5. The summed E-state index contributed by atoms with van der Waals surface area (Å²) in [5.74, 6) is 0.569. The second kappa shape index (κ2) is 7.88. The van der Waals surface area contributed by atoms with Gasteiger partial charge >= 0.3 is 5.97 Å². The van der Waals surface area contributed by atoms with Crippen molar-refractivity contribution in [2.75, 3.05) is 7.11 Å². The van der Waals surface area contributed by atoms with E-state index in [9.17, 15) is 4.79 Å². The predicted octanol–water partition coefficient (Wildman–Crippen LogP) is 4.89. The highest BCUT2D eigenvalue weighted by molar-refractivity contribution is 5.88. The van der Waals surface area contributed by atoms with Gasteiger partial charge in [-0.05, 0) is 61.1 Å². The van der Waals surface area contributed by atoms with E-state index in [2.05, 4.69) is 0 Å². The van der Waals surface area contributed by atoms with Gasteiger partial charge in [-0.2, -0.15) is 0 Å². The molecule has 2 aromatic carbocycles. The zero-order valence-corrected chi connectivity index (χ0v) is 14.3. The van der Waals surface area contributed by atoms with Crippen molar-refractivity contribution in [1.82, 2.24) is 0 Å². The van der Waals surface area contributed by atoms with Crippen LogP contribution in [0, 0.1) is 0 Å². The molecule has 1 saturated carbocycles. The van der Waals surface area contributed by atoms with Gasteiger partial charge in [0.1, 0.15) is 0 Å². The largest absolute Gasteiger partial charge is 0.493 e. The van der Waals surface area contributed by atoms with Gasteiger partial charge < -0.3 is 14.6 Å². The molecule has 1 N–H and O–H groups in total. The van der Waals surface area contributed by atoms with E-state index in [1.165, 1.54) is 12.8 Å². The third-order valence-electron chi connectivity index (χ3n) is 4.39. The topological polar surface area (TPSA) is 55.8 Å². The van der Waals surface area contributed by atoms with E-state index in [-0.39, 0.29) is 11.7 Å². The summed E-state index contributed by atoms with van der Waals surface area (Å²) in [6, 6.07) is 12.7. The molecule has 0 aliphatic heterocycles. The molecule has 0 unspecified atom stereocenters. The van der Waals surface area contributed by atoms with Gasteiger partial charge in [0, 0.05) is 0 Å². The Bertz CT molecular complexity index is 773. The van der Waals surface area contributed by atoms with E-state index in [4.69, 9.17) is 14.6 Å². The number of benzene rings is 2. The Balaban J connectivity index is 1.79. The molecule has 3 rings (SSSR count).